The van der Waals surface area contributed by atoms with Crippen molar-refractivity contribution in [2.24, 2.45) is 0 Å². The zero-order valence-corrected chi connectivity index (χ0v) is 18.6. The van der Waals surface area contributed by atoms with Crippen LogP contribution in [0.5, 0.6) is 5.75 Å². The average Bonchev–Trinajstić information content (AvgIpc) is 3.17. The Labute approximate surface area is 191 Å². The van der Waals surface area contributed by atoms with E-state index in [-0.39, 0.29) is 28.7 Å². The molecule has 1 amide bonds. The SMILES string of the molecule is CCc1nc(C(=O)NS(=O)(=O)c2cc(OC)ccc2Cl)cn1-c1cc(F)cc(C(F)(F)F)c1. The molecule has 7 nitrogen and oxygen atoms in total. The van der Waals surface area contributed by atoms with Gasteiger partial charge in [0, 0.05) is 18.7 Å². The first kappa shape index (κ1) is 24.5. The molecule has 0 fully saturated rings. The monoisotopic (exact) mass is 505 g/mol. The van der Waals surface area contributed by atoms with Gasteiger partial charge in [-0.2, -0.15) is 13.2 Å². The third-order valence-electron chi connectivity index (χ3n) is 4.47. The van der Waals surface area contributed by atoms with Crippen molar-refractivity contribution in [2.45, 2.75) is 24.4 Å². The lowest BCUT2D eigenvalue weighted by atomic mass is 10.2. The van der Waals surface area contributed by atoms with Crippen molar-refractivity contribution >= 4 is 27.5 Å². The van der Waals surface area contributed by atoms with Gasteiger partial charge in [0.15, 0.2) is 0 Å². The molecule has 1 aromatic heterocycles. The molecule has 0 bridgehead atoms. The molecule has 0 radical (unpaired) electrons. The number of ether oxygens (including phenoxy) is 1. The van der Waals surface area contributed by atoms with E-state index in [1.54, 1.807) is 6.92 Å². The number of methoxy groups -OCH3 is 1. The van der Waals surface area contributed by atoms with Gasteiger partial charge in [0.05, 0.1) is 23.4 Å². The van der Waals surface area contributed by atoms with Crippen LogP contribution < -0.4 is 9.46 Å². The van der Waals surface area contributed by atoms with Gasteiger partial charge < -0.3 is 9.30 Å². The maximum atomic E-state index is 13.8. The Morgan fingerprint density at radius 1 is 1.21 bits per heavy atom. The summed E-state index contributed by atoms with van der Waals surface area (Å²) in [7, 11) is -3.13. The van der Waals surface area contributed by atoms with Gasteiger partial charge in [0.25, 0.3) is 15.9 Å². The summed E-state index contributed by atoms with van der Waals surface area (Å²) in [4.78, 5) is 16.2. The minimum atomic E-state index is -4.80. The highest BCUT2D eigenvalue weighted by atomic mass is 35.5. The minimum Gasteiger partial charge on any atom is -0.497 e. The number of imidazole rings is 1. The van der Waals surface area contributed by atoms with Crippen LogP contribution in [0.4, 0.5) is 17.6 Å². The Morgan fingerprint density at radius 2 is 1.91 bits per heavy atom. The van der Waals surface area contributed by atoms with Crippen LogP contribution in [0.1, 0.15) is 28.8 Å². The molecule has 0 atom stereocenters. The molecule has 3 rings (SSSR count). The quantitative estimate of drug-likeness (QED) is 0.502. The van der Waals surface area contributed by atoms with E-state index < -0.39 is 44.1 Å². The van der Waals surface area contributed by atoms with Crippen molar-refractivity contribution in [1.29, 1.82) is 0 Å². The Balaban J connectivity index is 1.98. The largest absolute Gasteiger partial charge is 0.497 e. The fourth-order valence-electron chi connectivity index (χ4n) is 2.92. The Bertz CT molecular complexity index is 1320. The summed E-state index contributed by atoms with van der Waals surface area (Å²) in [6.07, 6.45) is -3.63. The van der Waals surface area contributed by atoms with Crippen LogP contribution in [0.15, 0.2) is 47.5 Å². The van der Waals surface area contributed by atoms with Crippen LogP contribution in [0.25, 0.3) is 5.69 Å². The molecule has 0 aliphatic carbocycles. The molecule has 0 unspecified atom stereocenters. The van der Waals surface area contributed by atoms with Crippen molar-refractivity contribution in [1.82, 2.24) is 14.3 Å². The van der Waals surface area contributed by atoms with Crippen molar-refractivity contribution < 1.29 is 35.5 Å². The number of halogens is 5. The van der Waals surface area contributed by atoms with Crippen LogP contribution in [0.3, 0.4) is 0 Å². The summed E-state index contributed by atoms with van der Waals surface area (Å²) in [5.41, 5.74) is -1.87. The molecule has 0 saturated carbocycles. The summed E-state index contributed by atoms with van der Waals surface area (Å²) in [6, 6.07) is 5.67. The van der Waals surface area contributed by atoms with E-state index >= 15 is 0 Å². The maximum absolute atomic E-state index is 13.8. The van der Waals surface area contributed by atoms with E-state index in [1.807, 2.05) is 4.72 Å². The number of benzene rings is 2. The van der Waals surface area contributed by atoms with Crippen LogP contribution in [0.2, 0.25) is 5.02 Å². The van der Waals surface area contributed by atoms with Crippen LogP contribution in [-0.4, -0.2) is 31.0 Å². The number of amides is 1. The zero-order chi connectivity index (χ0) is 24.6. The second-order valence-corrected chi connectivity index (χ2v) is 8.75. The van der Waals surface area contributed by atoms with E-state index in [0.29, 0.717) is 12.1 Å². The highest BCUT2D eigenvalue weighted by Gasteiger charge is 2.32. The Morgan fingerprint density at radius 3 is 2.52 bits per heavy atom. The molecule has 3 aromatic rings. The first-order chi connectivity index (χ1) is 15.4. The minimum absolute atomic E-state index is 0.107. The summed E-state index contributed by atoms with van der Waals surface area (Å²) >= 11 is 5.93. The van der Waals surface area contributed by atoms with E-state index in [4.69, 9.17) is 16.3 Å². The predicted octanol–water partition coefficient (Wildman–Crippen LogP) is 4.37. The maximum Gasteiger partial charge on any atom is 0.416 e. The fraction of sp³-hybridized carbons (Fsp3) is 0.200. The van der Waals surface area contributed by atoms with Gasteiger partial charge >= 0.3 is 6.18 Å². The smallest absolute Gasteiger partial charge is 0.416 e. The number of hydrogen-bond acceptors (Lipinski definition) is 5. The summed E-state index contributed by atoms with van der Waals surface area (Å²) < 4.78 is 86.2. The lowest BCUT2D eigenvalue weighted by molar-refractivity contribution is -0.137. The summed E-state index contributed by atoms with van der Waals surface area (Å²) in [5, 5.41) is -0.171. The molecule has 13 heteroatoms. The number of aryl methyl sites for hydroxylation is 1. The molecule has 0 spiro atoms. The average molecular weight is 506 g/mol. The number of nitrogens with one attached hydrogen (secondary N) is 1. The first-order valence-electron chi connectivity index (χ1n) is 9.23. The lowest BCUT2D eigenvalue weighted by Crippen LogP contribution is -2.31. The number of carbonyl (C=O) groups excluding carboxylic acids is 1. The van der Waals surface area contributed by atoms with Gasteiger partial charge in [-0.3, -0.25) is 4.79 Å². The van der Waals surface area contributed by atoms with E-state index in [2.05, 4.69) is 4.98 Å². The van der Waals surface area contributed by atoms with Gasteiger partial charge in [0.1, 0.15) is 28.0 Å². The molecule has 2 aromatic carbocycles. The highest BCUT2D eigenvalue weighted by Crippen LogP contribution is 2.32. The summed E-state index contributed by atoms with van der Waals surface area (Å²) in [6.45, 7) is 1.61. The second-order valence-electron chi connectivity index (χ2n) is 6.69. The molecule has 176 valence electrons. The van der Waals surface area contributed by atoms with E-state index in [0.717, 1.165) is 22.9 Å². The van der Waals surface area contributed by atoms with Crippen LogP contribution >= 0.6 is 11.6 Å². The molecular weight excluding hydrogens is 490 g/mol. The Kier molecular flexibility index (Phi) is 6.70. The van der Waals surface area contributed by atoms with Crippen LogP contribution in [0, 0.1) is 5.82 Å². The zero-order valence-electron chi connectivity index (χ0n) is 17.1. The Hall–Kier alpha value is -3.12. The van der Waals surface area contributed by atoms with Crippen molar-refractivity contribution in [2.75, 3.05) is 7.11 Å². The standard InChI is InChI=1S/C20H16ClF4N3O4S/c1-3-18-26-16(10-28(18)13-7-11(20(23,24)25)6-12(22)8-13)19(29)27-33(30,31)17-9-14(32-2)4-5-15(17)21/h4-10H,3H2,1-2H3,(H,27,29). The fourth-order valence-corrected chi connectivity index (χ4v) is 4.40. The molecule has 33 heavy (non-hydrogen) atoms. The molecule has 0 aliphatic rings. The number of sulfonamides is 1. The predicted molar refractivity (Wildman–Crippen MR) is 111 cm³/mol. The number of alkyl halides is 3. The molecule has 0 saturated heterocycles. The first-order valence-corrected chi connectivity index (χ1v) is 11.1. The number of hydrogen-bond donors (Lipinski definition) is 1. The van der Waals surface area contributed by atoms with Gasteiger partial charge in [-0.1, -0.05) is 18.5 Å². The van der Waals surface area contributed by atoms with E-state index in [1.165, 1.54) is 19.2 Å². The number of carbonyl (C=O) groups is 1. The van der Waals surface area contributed by atoms with Crippen molar-refractivity contribution in [3.05, 3.63) is 70.5 Å². The van der Waals surface area contributed by atoms with Gasteiger partial charge in [0.2, 0.25) is 0 Å². The van der Waals surface area contributed by atoms with Crippen LogP contribution in [-0.2, 0) is 22.6 Å². The third kappa shape index (κ3) is 5.28. The topological polar surface area (TPSA) is 90.3 Å². The number of rotatable bonds is 6. The third-order valence-corrected chi connectivity index (χ3v) is 6.28. The van der Waals surface area contributed by atoms with Crippen molar-refractivity contribution in [3.8, 4) is 11.4 Å². The molecule has 1 N–H and O–H groups in total. The number of nitrogens with zero attached hydrogens (tertiary/aromatic N) is 2. The van der Waals surface area contributed by atoms with E-state index in [9.17, 15) is 30.8 Å². The molecular formula is C20H16ClF4N3O4S. The number of aromatic nitrogens is 2. The van der Waals surface area contributed by atoms with Gasteiger partial charge in [-0.05, 0) is 30.3 Å². The van der Waals surface area contributed by atoms with Crippen molar-refractivity contribution in [3.63, 3.8) is 0 Å². The molecule has 0 aliphatic heterocycles. The molecule has 1 heterocycles. The van der Waals surface area contributed by atoms with Gasteiger partial charge in [-0.25, -0.2) is 22.5 Å². The highest BCUT2D eigenvalue weighted by molar-refractivity contribution is 7.90. The summed E-state index contributed by atoms with van der Waals surface area (Å²) in [5.74, 6) is -2.02. The lowest BCUT2D eigenvalue weighted by Gasteiger charge is -2.11. The second kappa shape index (κ2) is 9.02. The van der Waals surface area contributed by atoms with Gasteiger partial charge in [-0.15, -0.1) is 0 Å². The normalized spacial score (nSPS) is 12.0.